The van der Waals surface area contributed by atoms with Gasteiger partial charge < -0.3 is 5.32 Å². The smallest absolute Gasteiger partial charge is 0.262 e. The van der Waals surface area contributed by atoms with Gasteiger partial charge in [-0.05, 0) is 49.3 Å². The Morgan fingerprint density at radius 1 is 1.25 bits per heavy atom. The van der Waals surface area contributed by atoms with Crippen LogP contribution in [0.3, 0.4) is 0 Å². The van der Waals surface area contributed by atoms with E-state index in [9.17, 15) is 9.59 Å². The maximum atomic E-state index is 12.9. The van der Waals surface area contributed by atoms with Crippen LogP contribution in [0.4, 0.5) is 0 Å². The van der Waals surface area contributed by atoms with Gasteiger partial charge in [-0.1, -0.05) is 34.1 Å². The summed E-state index contributed by atoms with van der Waals surface area (Å²) in [7, 11) is 0. The van der Waals surface area contributed by atoms with E-state index in [0.29, 0.717) is 13.1 Å². The van der Waals surface area contributed by atoms with E-state index in [1.807, 2.05) is 24.3 Å². The molecule has 0 atom stereocenters. The number of carbonyl (C=O) groups is 1. The molecule has 3 aromatic rings. The molecule has 0 saturated carbocycles. The fourth-order valence-corrected chi connectivity index (χ4v) is 5.39. The molecule has 2 aromatic heterocycles. The second kappa shape index (κ2) is 8.57. The minimum Gasteiger partial charge on any atom is -0.356 e. The summed E-state index contributed by atoms with van der Waals surface area (Å²) >= 11 is 5.17. The van der Waals surface area contributed by atoms with Gasteiger partial charge >= 0.3 is 0 Å². The molecule has 7 heteroatoms. The Morgan fingerprint density at radius 2 is 2.07 bits per heavy atom. The summed E-state index contributed by atoms with van der Waals surface area (Å²) in [6, 6.07) is 7.99. The van der Waals surface area contributed by atoms with Gasteiger partial charge in [-0.2, -0.15) is 0 Å². The maximum Gasteiger partial charge on any atom is 0.262 e. The molecule has 0 bridgehead atoms. The molecule has 146 valence electrons. The fourth-order valence-electron chi connectivity index (χ4n) is 3.69. The van der Waals surface area contributed by atoms with Crippen LogP contribution in [0.15, 0.2) is 39.9 Å². The summed E-state index contributed by atoms with van der Waals surface area (Å²) in [6.45, 7) is 0.929. The highest BCUT2D eigenvalue weighted by molar-refractivity contribution is 9.10. The predicted molar refractivity (Wildman–Crippen MR) is 116 cm³/mol. The first-order valence-corrected chi connectivity index (χ1v) is 11.2. The van der Waals surface area contributed by atoms with Crippen molar-refractivity contribution in [2.24, 2.45) is 0 Å². The number of hydrogen-bond acceptors (Lipinski definition) is 4. The van der Waals surface area contributed by atoms with Gasteiger partial charge in [0.1, 0.15) is 4.83 Å². The molecule has 0 aliphatic heterocycles. The minimum atomic E-state index is -0.0496. The highest BCUT2D eigenvalue weighted by atomic mass is 79.9. The van der Waals surface area contributed by atoms with Crippen molar-refractivity contribution in [3.63, 3.8) is 0 Å². The summed E-state index contributed by atoms with van der Waals surface area (Å²) in [6.07, 6.45) is 6.96. The normalized spacial score (nSPS) is 13.5. The predicted octanol–water partition coefficient (Wildman–Crippen LogP) is 3.85. The van der Waals surface area contributed by atoms with Crippen molar-refractivity contribution < 1.29 is 4.79 Å². The van der Waals surface area contributed by atoms with Gasteiger partial charge in [-0.3, -0.25) is 14.2 Å². The molecule has 1 N–H and O–H groups in total. The Morgan fingerprint density at radius 3 is 2.93 bits per heavy atom. The Labute approximate surface area is 175 Å². The SMILES string of the molecule is O=C(CCn1cnc2sc3c(c2c1=O)CCCC3)NCCc1ccccc1Br. The van der Waals surface area contributed by atoms with Gasteiger partial charge in [-0.15, -0.1) is 11.3 Å². The highest BCUT2D eigenvalue weighted by Crippen LogP contribution is 2.33. The molecule has 0 radical (unpaired) electrons. The van der Waals surface area contributed by atoms with Crippen molar-refractivity contribution >= 4 is 43.4 Å². The third-order valence-electron chi connectivity index (χ3n) is 5.20. The van der Waals surface area contributed by atoms with Gasteiger partial charge in [0.15, 0.2) is 0 Å². The number of halogens is 1. The van der Waals surface area contributed by atoms with Crippen LogP contribution in [-0.4, -0.2) is 22.0 Å². The third-order valence-corrected chi connectivity index (χ3v) is 7.17. The van der Waals surface area contributed by atoms with Crippen LogP contribution in [-0.2, 0) is 30.6 Å². The van der Waals surface area contributed by atoms with Crippen LogP contribution in [0.1, 0.15) is 35.3 Å². The zero-order valence-corrected chi connectivity index (χ0v) is 17.9. The lowest BCUT2D eigenvalue weighted by molar-refractivity contribution is -0.121. The number of hydrogen-bond donors (Lipinski definition) is 1. The molecule has 0 saturated heterocycles. The van der Waals surface area contributed by atoms with Crippen molar-refractivity contribution in [3.8, 4) is 0 Å². The number of amides is 1. The van der Waals surface area contributed by atoms with Crippen molar-refractivity contribution in [1.29, 1.82) is 0 Å². The largest absolute Gasteiger partial charge is 0.356 e. The van der Waals surface area contributed by atoms with Crippen molar-refractivity contribution in [2.45, 2.75) is 45.1 Å². The molecule has 4 rings (SSSR count). The number of fused-ring (bicyclic) bond motifs is 3. The zero-order chi connectivity index (χ0) is 19.5. The Hall–Kier alpha value is -1.99. The van der Waals surface area contributed by atoms with E-state index in [0.717, 1.165) is 45.9 Å². The standard InChI is InChI=1S/C21H22BrN3O2S/c22-16-7-3-1-5-14(16)9-11-23-18(26)10-12-25-13-24-20-19(21(25)27)15-6-2-4-8-17(15)28-20/h1,3,5,7,13H,2,4,6,8-12H2,(H,23,26). The van der Waals surface area contributed by atoms with E-state index in [-0.39, 0.29) is 17.9 Å². The van der Waals surface area contributed by atoms with Gasteiger partial charge in [0.2, 0.25) is 5.91 Å². The van der Waals surface area contributed by atoms with Crippen LogP contribution in [0.5, 0.6) is 0 Å². The first kappa shape index (κ1) is 19.3. The van der Waals surface area contributed by atoms with E-state index in [1.54, 1.807) is 22.2 Å². The third kappa shape index (κ3) is 4.05. The maximum absolute atomic E-state index is 12.9. The monoisotopic (exact) mass is 459 g/mol. The average Bonchev–Trinajstić information content (AvgIpc) is 3.08. The van der Waals surface area contributed by atoms with Crippen LogP contribution in [0, 0.1) is 0 Å². The lowest BCUT2D eigenvalue weighted by atomic mass is 9.97. The molecular formula is C21H22BrN3O2S. The van der Waals surface area contributed by atoms with E-state index in [4.69, 9.17) is 0 Å². The Bertz CT molecular complexity index is 1070. The van der Waals surface area contributed by atoms with Crippen LogP contribution in [0.25, 0.3) is 10.2 Å². The number of thiophene rings is 1. The minimum absolute atomic E-state index is 0.00887. The Balaban J connectivity index is 1.37. The van der Waals surface area contributed by atoms with Crippen molar-refractivity contribution in [1.82, 2.24) is 14.9 Å². The number of aryl methyl sites for hydroxylation is 3. The van der Waals surface area contributed by atoms with E-state index in [1.165, 1.54) is 16.9 Å². The first-order valence-electron chi connectivity index (χ1n) is 9.63. The lowest BCUT2D eigenvalue weighted by Gasteiger charge is -2.10. The summed E-state index contributed by atoms with van der Waals surface area (Å²) in [5.41, 5.74) is 2.34. The van der Waals surface area contributed by atoms with Crippen molar-refractivity contribution in [2.75, 3.05) is 6.54 Å². The lowest BCUT2D eigenvalue weighted by Crippen LogP contribution is -2.29. The second-order valence-corrected chi connectivity index (χ2v) is 9.01. The Kier molecular flexibility index (Phi) is 5.92. The fraction of sp³-hybridized carbons (Fsp3) is 0.381. The second-order valence-electron chi connectivity index (χ2n) is 7.08. The van der Waals surface area contributed by atoms with Gasteiger partial charge in [0.25, 0.3) is 5.56 Å². The topological polar surface area (TPSA) is 64.0 Å². The molecule has 0 spiro atoms. The number of benzene rings is 1. The molecule has 1 aliphatic rings. The number of carbonyl (C=O) groups excluding carboxylic acids is 1. The molecule has 5 nitrogen and oxygen atoms in total. The van der Waals surface area contributed by atoms with Gasteiger partial charge in [0, 0.05) is 28.9 Å². The van der Waals surface area contributed by atoms with Crippen LogP contribution in [0.2, 0.25) is 0 Å². The molecular weight excluding hydrogens is 438 g/mol. The average molecular weight is 460 g/mol. The van der Waals surface area contributed by atoms with E-state index in [2.05, 4.69) is 26.2 Å². The van der Waals surface area contributed by atoms with Crippen LogP contribution < -0.4 is 10.9 Å². The van der Waals surface area contributed by atoms with Gasteiger partial charge in [-0.25, -0.2) is 4.98 Å². The van der Waals surface area contributed by atoms with E-state index >= 15 is 0 Å². The first-order chi connectivity index (χ1) is 13.6. The molecule has 28 heavy (non-hydrogen) atoms. The van der Waals surface area contributed by atoms with Crippen LogP contribution >= 0.6 is 27.3 Å². The number of nitrogens with zero attached hydrogens (tertiary/aromatic N) is 2. The molecule has 1 aliphatic carbocycles. The quantitative estimate of drug-likeness (QED) is 0.608. The molecule has 0 fully saturated rings. The number of aromatic nitrogens is 2. The summed E-state index contributed by atoms with van der Waals surface area (Å²) < 4.78 is 2.63. The summed E-state index contributed by atoms with van der Waals surface area (Å²) in [4.78, 5) is 31.7. The molecule has 1 aromatic carbocycles. The molecule has 0 unspecified atom stereocenters. The van der Waals surface area contributed by atoms with E-state index < -0.39 is 0 Å². The molecule has 1 amide bonds. The molecule has 2 heterocycles. The highest BCUT2D eigenvalue weighted by Gasteiger charge is 2.20. The number of rotatable bonds is 6. The zero-order valence-electron chi connectivity index (χ0n) is 15.5. The summed E-state index contributed by atoms with van der Waals surface area (Å²) in [5.74, 6) is -0.0496. The van der Waals surface area contributed by atoms with Gasteiger partial charge in [0.05, 0.1) is 11.7 Å². The number of nitrogens with one attached hydrogen (secondary N) is 1. The summed E-state index contributed by atoms with van der Waals surface area (Å²) in [5, 5.41) is 3.71. The van der Waals surface area contributed by atoms with Crippen molar-refractivity contribution in [3.05, 3.63) is 61.4 Å².